The molecule has 0 saturated carbocycles. The molecule has 122 valence electrons. The lowest BCUT2D eigenvalue weighted by atomic mass is 9.96. The SMILES string of the molecule is Cc1noc([C@H]2CCCN(C(=O)c3cccc4ccccc34)C2)n1. The highest BCUT2D eigenvalue weighted by molar-refractivity contribution is 6.07. The van der Waals surface area contributed by atoms with E-state index in [1.807, 2.05) is 54.3 Å². The monoisotopic (exact) mass is 321 g/mol. The number of nitrogens with zero attached hydrogens (tertiary/aromatic N) is 3. The molecule has 1 aromatic heterocycles. The van der Waals surface area contributed by atoms with Crippen LogP contribution in [-0.2, 0) is 0 Å². The minimum Gasteiger partial charge on any atom is -0.339 e. The number of hydrogen-bond donors (Lipinski definition) is 0. The number of aromatic nitrogens is 2. The third-order valence-corrected chi connectivity index (χ3v) is 4.62. The van der Waals surface area contributed by atoms with Crippen LogP contribution in [0.5, 0.6) is 0 Å². The lowest BCUT2D eigenvalue weighted by molar-refractivity contribution is 0.0697. The van der Waals surface area contributed by atoms with Gasteiger partial charge in [-0.3, -0.25) is 4.79 Å². The number of likely N-dealkylation sites (tertiary alicyclic amines) is 1. The molecule has 2 heterocycles. The molecule has 1 aliphatic heterocycles. The van der Waals surface area contributed by atoms with Crippen molar-refractivity contribution in [1.29, 1.82) is 0 Å². The van der Waals surface area contributed by atoms with Gasteiger partial charge in [-0.25, -0.2) is 0 Å². The molecule has 2 aromatic carbocycles. The van der Waals surface area contributed by atoms with Crippen LogP contribution in [0.2, 0.25) is 0 Å². The van der Waals surface area contributed by atoms with Gasteiger partial charge in [0.15, 0.2) is 5.82 Å². The van der Waals surface area contributed by atoms with Crippen LogP contribution in [0, 0.1) is 6.92 Å². The summed E-state index contributed by atoms with van der Waals surface area (Å²) in [6, 6.07) is 13.9. The van der Waals surface area contributed by atoms with Crippen molar-refractivity contribution in [3.05, 3.63) is 59.7 Å². The van der Waals surface area contributed by atoms with Crippen LogP contribution in [0.3, 0.4) is 0 Å². The van der Waals surface area contributed by atoms with Gasteiger partial charge in [0.25, 0.3) is 5.91 Å². The van der Waals surface area contributed by atoms with Gasteiger partial charge in [-0.15, -0.1) is 0 Å². The van der Waals surface area contributed by atoms with Crippen molar-refractivity contribution in [2.24, 2.45) is 0 Å². The summed E-state index contributed by atoms with van der Waals surface area (Å²) in [6.07, 6.45) is 1.92. The molecule has 5 heteroatoms. The molecule has 1 amide bonds. The van der Waals surface area contributed by atoms with E-state index in [1.165, 1.54) is 0 Å². The lowest BCUT2D eigenvalue weighted by Crippen LogP contribution is -2.39. The highest BCUT2D eigenvalue weighted by atomic mass is 16.5. The zero-order valence-corrected chi connectivity index (χ0v) is 13.6. The summed E-state index contributed by atoms with van der Waals surface area (Å²) >= 11 is 0. The van der Waals surface area contributed by atoms with Crippen LogP contribution in [0.25, 0.3) is 10.8 Å². The first-order valence-electron chi connectivity index (χ1n) is 8.29. The van der Waals surface area contributed by atoms with Gasteiger partial charge in [-0.05, 0) is 36.6 Å². The fourth-order valence-corrected chi connectivity index (χ4v) is 3.42. The van der Waals surface area contributed by atoms with E-state index in [9.17, 15) is 4.79 Å². The molecular formula is C19H19N3O2. The molecule has 1 atom stereocenters. The first kappa shape index (κ1) is 14.9. The normalized spacial score (nSPS) is 18.0. The molecule has 0 spiro atoms. The van der Waals surface area contributed by atoms with Crippen molar-refractivity contribution in [3.63, 3.8) is 0 Å². The zero-order valence-electron chi connectivity index (χ0n) is 13.6. The lowest BCUT2D eigenvalue weighted by Gasteiger charge is -2.31. The summed E-state index contributed by atoms with van der Waals surface area (Å²) in [7, 11) is 0. The largest absolute Gasteiger partial charge is 0.339 e. The summed E-state index contributed by atoms with van der Waals surface area (Å²) in [5, 5.41) is 5.96. The van der Waals surface area contributed by atoms with Crippen LogP contribution in [-0.4, -0.2) is 34.0 Å². The van der Waals surface area contributed by atoms with Gasteiger partial charge >= 0.3 is 0 Å². The second kappa shape index (κ2) is 6.07. The van der Waals surface area contributed by atoms with Gasteiger partial charge < -0.3 is 9.42 Å². The highest BCUT2D eigenvalue weighted by Gasteiger charge is 2.29. The van der Waals surface area contributed by atoms with Crippen molar-refractivity contribution in [1.82, 2.24) is 15.0 Å². The van der Waals surface area contributed by atoms with Gasteiger partial charge in [0.05, 0.1) is 5.92 Å². The number of fused-ring (bicyclic) bond motifs is 1. The second-order valence-corrected chi connectivity index (χ2v) is 6.30. The molecule has 4 rings (SSSR count). The van der Waals surface area contributed by atoms with E-state index < -0.39 is 0 Å². The quantitative estimate of drug-likeness (QED) is 0.724. The smallest absolute Gasteiger partial charge is 0.254 e. The Balaban J connectivity index is 1.61. The maximum absolute atomic E-state index is 13.1. The molecule has 0 aliphatic carbocycles. The van der Waals surface area contributed by atoms with Crippen LogP contribution in [0.1, 0.15) is 40.8 Å². The predicted molar refractivity (Wildman–Crippen MR) is 90.9 cm³/mol. The van der Waals surface area contributed by atoms with Crippen molar-refractivity contribution in [2.75, 3.05) is 13.1 Å². The third kappa shape index (κ3) is 2.66. The van der Waals surface area contributed by atoms with Crippen molar-refractivity contribution < 1.29 is 9.32 Å². The van der Waals surface area contributed by atoms with E-state index in [2.05, 4.69) is 10.1 Å². The Morgan fingerprint density at radius 3 is 2.88 bits per heavy atom. The van der Waals surface area contributed by atoms with E-state index in [-0.39, 0.29) is 11.8 Å². The molecule has 24 heavy (non-hydrogen) atoms. The third-order valence-electron chi connectivity index (χ3n) is 4.62. The second-order valence-electron chi connectivity index (χ2n) is 6.30. The van der Waals surface area contributed by atoms with E-state index >= 15 is 0 Å². The number of rotatable bonds is 2. The van der Waals surface area contributed by atoms with Gasteiger partial charge in [0, 0.05) is 18.7 Å². The molecule has 0 radical (unpaired) electrons. The van der Waals surface area contributed by atoms with Crippen LogP contribution in [0.15, 0.2) is 47.0 Å². The highest BCUT2D eigenvalue weighted by Crippen LogP contribution is 2.28. The summed E-state index contributed by atoms with van der Waals surface area (Å²) in [6.45, 7) is 3.21. The van der Waals surface area contributed by atoms with E-state index in [4.69, 9.17) is 4.52 Å². The molecule has 1 aliphatic rings. The average molecular weight is 321 g/mol. The van der Waals surface area contributed by atoms with Crippen molar-refractivity contribution >= 4 is 16.7 Å². The number of amides is 1. The number of carbonyl (C=O) groups excluding carboxylic acids is 1. The van der Waals surface area contributed by atoms with Crippen LogP contribution < -0.4 is 0 Å². The predicted octanol–water partition coefficient (Wildman–Crippen LogP) is 3.55. The minimum absolute atomic E-state index is 0.0766. The number of carbonyl (C=O) groups is 1. The number of benzene rings is 2. The Kier molecular flexibility index (Phi) is 3.76. The number of hydrogen-bond acceptors (Lipinski definition) is 4. The Labute approximate surface area is 140 Å². The number of aryl methyl sites for hydroxylation is 1. The Hall–Kier alpha value is -2.69. The molecule has 5 nitrogen and oxygen atoms in total. The fourth-order valence-electron chi connectivity index (χ4n) is 3.42. The van der Waals surface area contributed by atoms with Gasteiger partial charge in [0.2, 0.25) is 5.89 Å². The summed E-state index contributed by atoms with van der Waals surface area (Å²) in [4.78, 5) is 19.3. The molecular weight excluding hydrogens is 302 g/mol. The summed E-state index contributed by atoms with van der Waals surface area (Å²) in [5.74, 6) is 1.48. The van der Waals surface area contributed by atoms with E-state index in [1.54, 1.807) is 0 Å². The first-order chi connectivity index (χ1) is 11.7. The van der Waals surface area contributed by atoms with Crippen molar-refractivity contribution in [3.8, 4) is 0 Å². The van der Waals surface area contributed by atoms with Crippen molar-refractivity contribution in [2.45, 2.75) is 25.7 Å². The van der Waals surface area contributed by atoms with Crippen LogP contribution >= 0.6 is 0 Å². The van der Waals surface area contributed by atoms with Crippen LogP contribution in [0.4, 0.5) is 0 Å². The van der Waals surface area contributed by atoms with E-state index in [0.717, 1.165) is 35.7 Å². The molecule has 1 fully saturated rings. The van der Waals surface area contributed by atoms with Gasteiger partial charge in [0.1, 0.15) is 0 Å². The molecule has 3 aromatic rings. The summed E-state index contributed by atoms with van der Waals surface area (Å²) in [5.41, 5.74) is 0.760. The van der Waals surface area contributed by atoms with E-state index in [0.29, 0.717) is 18.3 Å². The number of piperidine rings is 1. The zero-order chi connectivity index (χ0) is 16.5. The fraction of sp³-hybridized carbons (Fsp3) is 0.316. The Morgan fingerprint density at radius 1 is 1.21 bits per heavy atom. The topological polar surface area (TPSA) is 59.2 Å². The Bertz CT molecular complexity index is 882. The molecule has 0 unspecified atom stereocenters. The van der Waals surface area contributed by atoms with Gasteiger partial charge in [-0.1, -0.05) is 41.6 Å². The molecule has 0 N–H and O–H groups in total. The summed E-state index contributed by atoms with van der Waals surface area (Å²) < 4.78 is 5.31. The minimum atomic E-state index is 0.0766. The average Bonchev–Trinajstić information content (AvgIpc) is 3.07. The standard InChI is InChI=1S/C19H19N3O2/c1-13-20-18(24-21-13)15-8-5-11-22(12-15)19(23)17-10-4-7-14-6-2-3-9-16(14)17/h2-4,6-7,9-10,15H,5,8,11-12H2,1H3/t15-/m0/s1. The maximum atomic E-state index is 13.1. The molecule has 1 saturated heterocycles. The van der Waals surface area contributed by atoms with Gasteiger partial charge in [-0.2, -0.15) is 4.98 Å². The first-order valence-corrected chi connectivity index (χ1v) is 8.29. The maximum Gasteiger partial charge on any atom is 0.254 e. The molecule has 0 bridgehead atoms. The Morgan fingerprint density at radius 2 is 2.04 bits per heavy atom.